The maximum Gasteiger partial charge on any atom is 0.303 e. The molecule has 18 heavy (non-hydrogen) atoms. The maximum absolute atomic E-state index is 12.5. The van der Waals surface area contributed by atoms with Crippen molar-refractivity contribution in [3.8, 4) is 0 Å². The number of amides is 1. The molecule has 0 bridgehead atoms. The molecule has 1 heterocycles. The van der Waals surface area contributed by atoms with Gasteiger partial charge in [0.05, 0.1) is 0 Å². The normalized spacial score (nSPS) is 27.2. The van der Waals surface area contributed by atoms with E-state index in [9.17, 15) is 9.59 Å². The maximum atomic E-state index is 12.5. The fourth-order valence-corrected chi connectivity index (χ4v) is 3.36. The van der Waals surface area contributed by atoms with Gasteiger partial charge in [0, 0.05) is 24.9 Å². The largest absolute Gasteiger partial charge is 0.481 e. The molecule has 1 unspecified atom stereocenters. The highest BCUT2D eigenvalue weighted by molar-refractivity contribution is 5.82. The number of hydrogen-bond acceptors (Lipinski definition) is 2. The quantitative estimate of drug-likeness (QED) is 0.839. The number of carbonyl (C=O) groups is 2. The van der Waals surface area contributed by atoms with Crippen molar-refractivity contribution in [2.24, 2.45) is 11.3 Å². The van der Waals surface area contributed by atoms with Crippen molar-refractivity contribution in [1.82, 2.24) is 4.90 Å². The van der Waals surface area contributed by atoms with Gasteiger partial charge in [0.2, 0.25) is 5.91 Å². The van der Waals surface area contributed by atoms with Crippen LogP contribution in [-0.2, 0) is 9.59 Å². The molecule has 4 nitrogen and oxygen atoms in total. The van der Waals surface area contributed by atoms with Crippen molar-refractivity contribution < 1.29 is 14.7 Å². The van der Waals surface area contributed by atoms with Gasteiger partial charge in [0.25, 0.3) is 0 Å². The van der Waals surface area contributed by atoms with Crippen molar-refractivity contribution in [2.75, 3.05) is 13.1 Å². The molecular formula is C14H23NO3. The van der Waals surface area contributed by atoms with Crippen LogP contribution in [0.4, 0.5) is 0 Å². The van der Waals surface area contributed by atoms with Crippen LogP contribution in [0.1, 0.15) is 51.9 Å². The van der Waals surface area contributed by atoms with E-state index in [-0.39, 0.29) is 23.7 Å². The SMILES string of the molecule is CC1(C(=O)N2CCC(CC(=O)O)C2)CCCCC1. The predicted octanol–water partition coefficient (Wildman–Crippen LogP) is 2.28. The molecule has 1 N–H and O–H groups in total. The molecule has 102 valence electrons. The molecule has 0 aromatic carbocycles. The van der Waals surface area contributed by atoms with Crippen LogP contribution in [0, 0.1) is 11.3 Å². The van der Waals surface area contributed by atoms with Crippen molar-refractivity contribution in [1.29, 1.82) is 0 Å². The van der Waals surface area contributed by atoms with Gasteiger partial charge < -0.3 is 10.0 Å². The highest BCUT2D eigenvalue weighted by Crippen LogP contribution is 2.38. The summed E-state index contributed by atoms with van der Waals surface area (Å²) in [5.74, 6) is -0.341. The topological polar surface area (TPSA) is 57.6 Å². The Labute approximate surface area is 108 Å². The molecule has 0 radical (unpaired) electrons. The number of rotatable bonds is 3. The van der Waals surface area contributed by atoms with E-state index in [2.05, 4.69) is 6.92 Å². The van der Waals surface area contributed by atoms with Crippen LogP contribution in [0.5, 0.6) is 0 Å². The van der Waals surface area contributed by atoms with E-state index in [1.807, 2.05) is 4.90 Å². The lowest BCUT2D eigenvalue weighted by Crippen LogP contribution is -2.42. The summed E-state index contributed by atoms with van der Waals surface area (Å²) in [5, 5.41) is 8.79. The molecule has 4 heteroatoms. The number of carboxylic acids is 1. The molecular weight excluding hydrogens is 230 g/mol. The van der Waals surface area contributed by atoms with E-state index >= 15 is 0 Å². The Morgan fingerprint density at radius 1 is 1.28 bits per heavy atom. The van der Waals surface area contributed by atoms with Crippen LogP contribution < -0.4 is 0 Å². The second-order valence-corrected chi connectivity index (χ2v) is 6.13. The van der Waals surface area contributed by atoms with Crippen molar-refractivity contribution in [2.45, 2.75) is 51.9 Å². The first-order valence-corrected chi connectivity index (χ1v) is 7.02. The van der Waals surface area contributed by atoms with Gasteiger partial charge in [-0.2, -0.15) is 0 Å². The fraction of sp³-hybridized carbons (Fsp3) is 0.857. The zero-order chi connectivity index (χ0) is 13.2. The minimum Gasteiger partial charge on any atom is -0.481 e. The number of aliphatic carboxylic acids is 1. The monoisotopic (exact) mass is 253 g/mol. The van der Waals surface area contributed by atoms with Gasteiger partial charge in [0.15, 0.2) is 0 Å². The summed E-state index contributed by atoms with van der Waals surface area (Å²) < 4.78 is 0. The number of hydrogen-bond donors (Lipinski definition) is 1. The molecule has 0 aromatic heterocycles. The zero-order valence-electron chi connectivity index (χ0n) is 11.2. The molecule has 1 saturated carbocycles. The minimum atomic E-state index is -0.752. The first-order chi connectivity index (χ1) is 8.51. The zero-order valence-corrected chi connectivity index (χ0v) is 11.2. The highest BCUT2D eigenvalue weighted by Gasteiger charge is 2.40. The lowest BCUT2D eigenvalue weighted by atomic mass is 9.74. The Hall–Kier alpha value is -1.06. The summed E-state index contributed by atoms with van der Waals surface area (Å²) in [7, 11) is 0. The third kappa shape index (κ3) is 2.85. The standard InChI is InChI=1S/C14H23NO3/c1-14(6-3-2-4-7-14)13(18)15-8-5-11(10-15)9-12(16)17/h11H,2-10H2,1H3,(H,16,17). The Morgan fingerprint density at radius 3 is 2.56 bits per heavy atom. The Balaban J connectivity index is 1.92. The highest BCUT2D eigenvalue weighted by atomic mass is 16.4. The summed E-state index contributed by atoms with van der Waals surface area (Å²) in [6.07, 6.45) is 6.56. The molecule has 1 atom stereocenters. The van der Waals surface area contributed by atoms with E-state index in [1.54, 1.807) is 0 Å². The van der Waals surface area contributed by atoms with E-state index in [0.717, 1.165) is 38.6 Å². The minimum absolute atomic E-state index is 0.152. The van der Waals surface area contributed by atoms with Crippen molar-refractivity contribution in [3.63, 3.8) is 0 Å². The van der Waals surface area contributed by atoms with Gasteiger partial charge in [-0.3, -0.25) is 9.59 Å². The summed E-state index contributed by atoms with van der Waals surface area (Å²) in [4.78, 5) is 25.1. The van der Waals surface area contributed by atoms with E-state index < -0.39 is 5.97 Å². The van der Waals surface area contributed by atoms with Gasteiger partial charge in [0.1, 0.15) is 0 Å². The van der Waals surface area contributed by atoms with Crippen molar-refractivity contribution >= 4 is 11.9 Å². The third-order valence-corrected chi connectivity index (χ3v) is 4.51. The number of likely N-dealkylation sites (tertiary alicyclic amines) is 1. The smallest absolute Gasteiger partial charge is 0.303 e. The molecule has 0 spiro atoms. The van der Waals surface area contributed by atoms with E-state index in [0.29, 0.717) is 6.54 Å². The van der Waals surface area contributed by atoms with Gasteiger partial charge in [-0.1, -0.05) is 26.2 Å². The van der Waals surface area contributed by atoms with Crippen LogP contribution in [0.2, 0.25) is 0 Å². The van der Waals surface area contributed by atoms with Gasteiger partial charge >= 0.3 is 5.97 Å². The van der Waals surface area contributed by atoms with Crippen LogP contribution in [0.25, 0.3) is 0 Å². The second kappa shape index (κ2) is 5.29. The van der Waals surface area contributed by atoms with Crippen LogP contribution >= 0.6 is 0 Å². The molecule has 2 rings (SSSR count). The van der Waals surface area contributed by atoms with E-state index in [1.165, 1.54) is 6.42 Å². The number of carboxylic acid groups (broad SMARTS) is 1. The van der Waals surface area contributed by atoms with Crippen LogP contribution in [-0.4, -0.2) is 35.0 Å². The van der Waals surface area contributed by atoms with Crippen LogP contribution in [0.3, 0.4) is 0 Å². The molecule has 2 aliphatic rings. The first-order valence-electron chi connectivity index (χ1n) is 7.02. The molecule has 1 aliphatic heterocycles. The second-order valence-electron chi connectivity index (χ2n) is 6.13. The number of carbonyl (C=O) groups excluding carboxylic acids is 1. The molecule has 1 aliphatic carbocycles. The molecule has 1 saturated heterocycles. The third-order valence-electron chi connectivity index (χ3n) is 4.51. The summed E-state index contributed by atoms with van der Waals surface area (Å²) in [6.45, 7) is 3.46. The summed E-state index contributed by atoms with van der Waals surface area (Å²) in [6, 6.07) is 0. The lowest BCUT2D eigenvalue weighted by molar-refractivity contribution is -0.143. The fourth-order valence-electron chi connectivity index (χ4n) is 3.36. The van der Waals surface area contributed by atoms with Crippen molar-refractivity contribution in [3.05, 3.63) is 0 Å². The first kappa shape index (κ1) is 13.4. The Kier molecular flexibility index (Phi) is 3.93. The predicted molar refractivity (Wildman–Crippen MR) is 68.1 cm³/mol. The average Bonchev–Trinajstić information content (AvgIpc) is 2.76. The Morgan fingerprint density at radius 2 is 1.94 bits per heavy atom. The molecule has 2 fully saturated rings. The molecule has 0 aromatic rings. The van der Waals surface area contributed by atoms with Gasteiger partial charge in [-0.25, -0.2) is 0 Å². The van der Waals surface area contributed by atoms with Gasteiger partial charge in [-0.15, -0.1) is 0 Å². The van der Waals surface area contributed by atoms with Crippen LogP contribution in [0.15, 0.2) is 0 Å². The number of nitrogens with zero attached hydrogens (tertiary/aromatic N) is 1. The lowest BCUT2D eigenvalue weighted by Gasteiger charge is -2.35. The molecule has 1 amide bonds. The Bertz CT molecular complexity index is 334. The van der Waals surface area contributed by atoms with E-state index in [4.69, 9.17) is 5.11 Å². The average molecular weight is 253 g/mol. The summed E-state index contributed by atoms with van der Waals surface area (Å²) in [5.41, 5.74) is -0.184. The van der Waals surface area contributed by atoms with Gasteiger partial charge in [-0.05, 0) is 25.2 Å². The summed E-state index contributed by atoms with van der Waals surface area (Å²) >= 11 is 0.